The summed E-state index contributed by atoms with van der Waals surface area (Å²) in [6.07, 6.45) is 3.36. The van der Waals surface area contributed by atoms with Crippen molar-refractivity contribution in [3.8, 4) is 11.1 Å². The van der Waals surface area contributed by atoms with E-state index in [-0.39, 0.29) is 24.0 Å². The highest BCUT2D eigenvalue weighted by Crippen LogP contribution is 2.42. The molecule has 1 saturated heterocycles. The number of Topliss-reactive ketones (excluding diaryl/α,β-unsaturated/α-hetero) is 2. The van der Waals surface area contributed by atoms with Crippen LogP contribution < -0.4 is 4.90 Å². The molecule has 2 aromatic carbocycles. The highest BCUT2D eigenvalue weighted by molar-refractivity contribution is 6.48. The minimum Gasteiger partial charge on any atom is -0.472 e. The highest BCUT2D eigenvalue weighted by Gasteiger charge is 2.52. The van der Waals surface area contributed by atoms with Gasteiger partial charge in [0.05, 0.1) is 18.6 Å². The van der Waals surface area contributed by atoms with Crippen molar-refractivity contribution in [2.75, 3.05) is 19.0 Å². The van der Waals surface area contributed by atoms with Crippen molar-refractivity contribution < 1.29 is 23.6 Å². The maximum absolute atomic E-state index is 13.3. The van der Waals surface area contributed by atoms with Crippen LogP contribution in [0.4, 0.5) is 5.69 Å². The van der Waals surface area contributed by atoms with Gasteiger partial charge >= 0.3 is 0 Å². The Hall–Kier alpha value is -4.00. The van der Waals surface area contributed by atoms with E-state index in [2.05, 4.69) is 0 Å². The van der Waals surface area contributed by atoms with E-state index < -0.39 is 23.7 Å². The molecule has 35 heavy (non-hydrogen) atoms. The number of ketones is 2. The van der Waals surface area contributed by atoms with E-state index in [9.17, 15) is 19.2 Å². The largest absolute Gasteiger partial charge is 0.472 e. The molecule has 0 N–H and O–H groups in total. The van der Waals surface area contributed by atoms with Gasteiger partial charge < -0.3 is 9.32 Å². The van der Waals surface area contributed by atoms with Crippen molar-refractivity contribution >= 4 is 29.1 Å². The van der Waals surface area contributed by atoms with E-state index in [1.165, 1.54) is 9.80 Å². The average molecular weight is 473 g/mol. The van der Waals surface area contributed by atoms with Gasteiger partial charge in [0, 0.05) is 37.3 Å². The molecule has 0 saturated carbocycles. The smallest absolute Gasteiger partial charge is 0.295 e. The summed E-state index contributed by atoms with van der Waals surface area (Å²) in [5.41, 5.74) is 3.07. The van der Waals surface area contributed by atoms with Gasteiger partial charge in [-0.1, -0.05) is 44.2 Å². The number of benzene rings is 2. The van der Waals surface area contributed by atoms with Gasteiger partial charge in [0.15, 0.2) is 0 Å². The number of carbonyl (C=O) groups excluding carboxylic acids is 4. The molecule has 0 aliphatic carbocycles. The summed E-state index contributed by atoms with van der Waals surface area (Å²) in [6.45, 7) is 3.79. The fourth-order valence-electron chi connectivity index (χ4n) is 4.55. The van der Waals surface area contributed by atoms with Gasteiger partial charge in [-0.15, -0.1) is 0 Å². The van der Waals surface area contributed by atoms with Crippen molar-refractivity contribution in [2.24, 2.45) is 11.8 Å². The number of hydrogen-bond donors (Lipinski definition) is 0. The van der Waals surface area contributed by atoms with Gasteiger partial charge in [0.1, 0.15) is 11.7 Å². The Kier molecular flexibility index (Phi) is 6.69. The Bertz CT molecular complexity index is 1260. The summed E-state index contributed by atoms with van der Waals surface area (Å²) in [4.78, 5) is 55.7. The third kappa shape index (κ3) is 4.54. The van der Waals surface area contributed by atoms with Crippen LogP contribution in [0.2, 0.25) is 0 Å². The SMILES string of the molecule is CC(C)CC(=O)C1C(=O)C(=O)N(c2ccc(-c3ccoc3)cc2)C1c1ccccc1C(=O)N(C)C. The third-order valence-electron chi connectivity index (χ3n) is 6.18. The molecule has 0 bridgehead atoms. The quantitative estimate of drug-likeness (QED) is 0.372. The number of carbonyl (C=O) groups is 4. The first kappa shape index (κ1) is 24.1. The first-order chi connectivity index (χ1) is 16.7. The topological polar surface area (TPSA) is 87.9 Å². The molecule has 2 atom stereocenters. The normalized spacial score (nSPS) is 17.8. The van der Waals surface area contributed by atoms with Crippen LogP contribution >= 0.6 is 0 Å². The maximum atomic E-state index is 13.3. The molecule has 0 radical (unpaired) electrons. The molecule has 1 aromatic heterocycles. The molecule has 1 aliphatic heterocycles. The first-order valence-corrected chi connectivity index (χ1v) is 11.5. The zero-order valence-corrected chi connectivity index (χ0v) is 20.2. The van der Waals surface area contributed by atoms with Crippen molar-refractivity contribution in [3.63, 3.8) is 0 Å². The lowest BCUT2D eigenvalue weighted by Crippen LogP contribution is -2.33. The second-order valence-corrected chi connectivity index (χ2v) is 9.37. The molecule has 7 heteroatoms. The first-order valence-electron chi connectivity index (χ1n) is 11.5. The van der Waals surface area contributed by atoms with Crippen LogP contribution in [0.25, 0.3) is 11.1 Å². The zero-order chi connectivity index (χ0) is 25.3. The second-order valence-electron chi connectivity index (χ2n) is 9.37. The zero-order valence-electron chi connectivity index (χ0n) is 20.2. The molecule has 0 spiro atoms. The van der Waals surface area contributed by atoms with Gasteiger partial charge in [-0.05, 0) is 41.3 Å². The summed E-state index contributed by atoms with van der Waals surface area (Å²) in [7, 11) is 3.27. The summed E-state index contributed by atoms with van der Waals surface area (Å²) in [5.74, 6) is -3.22. The molecular formula is C28H28N2O5. The minimum absolute atomic E-state index is 0.0213. The summed E-state index contributed by atoms with van der Waals surface area (Å²) in [5, 5.41) is 0. The van der Waals surface area contributed by atoms with E-state index in [4.69, 9.17) is 4.42 Å². The van der Waals surface area contributed by atoms with Crippen LogP contribution in [0.15, 0.2) is 71.5 Å². The molecule has 1 aliphatic rings. The molecule has 2 heterocycles. The Morgan fingerprint density at radius 1 is 0.971 bits per heavy atom. The van der Waals surface area contributed by atoms with E-state index in [0.717, 1.165) is 11.1 Å². The number of furan rings is 1. The summed E-state index contributed by atoms with van der Waals surface area (Å²) < 4.78 is 5.15. The van der Waals surface area contributed by atoms with Gasteiger partial charge in [-0.2, -0.15) is 0 Å². The number of rotatable bonds is 7. The van der Waals surface area contributed by atoms with Crippen molar-refractivity contribution in [3.05, 3.63) is 78.3 Å². The van der Waals surface area contributed by atoms with Gasteiger partial charge in [-0.3, -0.25) is 24.1 Å². The highest BCUT2D eigenvalue weighted by atomic mass is 16.3. The number of amides is 2. The second kappa shape index (κ2) is 9.70. The number of nitrogens with zero attached hydrogens (tertiary/aromatic N) is 2. The lowest BCUT2D eigenvalue weighted by Gasteiger charge is -2.29. The van der Waals surface area contributed by atoms with Crippen molar-refractivity contribution in [2.45, 2.75) is 26.3 Å². The predicted molar refractivity (Wildman–Crippen MR) is 132 cm³/mol. The lowest BCUT2D eigenvalue weighted by molar-refractivity contribution is -0.139. The third-order valence-corrected chi connectivity index (χ3v) is 6.18. The van der Waals surface area contributed by atoms with Gasteiger partial charge in [0.2, 0.25) is 5.78 Å². The van der Waals surface area contributed by atoms with Crippen LogP contribution in [0.1, 0.15) is 42.2 Å². The Morgan fingerprint density at radius 3 is 2.26 bits per heavy atom. The Labute approximate surface area is 204 Å². The fourth-order valence-corrected chi connectivity index (χ4v) is 4.55. The van der Waals surface area contributed by atoms with Gasteiger partial charge in [-0.25, -0.2) is 0 Å². The maximum Gasteiger partial charge on any atom is 0.295 e. The molecule has 1 fully saturated rings. The monoisotopic (exact) mass is 472 g/mol. The minimum atomic E-state index is -1.19. The van der Waals surface area contributed by atoms with Crippen LogP contribution in [-0.2, 0) is 14.4 Å². The Morgan fingerprint density at radius 2 is 1.66 bits per heavy atom. The predicted octanol–water partition coefficient (Wildman–Crippen LogP) is 4.54. The average Bonchev–Trinajstić information content (AvgIpc) is 3.45. The number of anilines is 1. The van der Waals surface area contributed by atoms with Crippen LogP contribution in [0.3, 0.4) is 0 Å². The molecule has 4 rings (SSSR count). The molecule has 2 amide bonds. The van der Waals surface area contributed by atoms with E-state index in [0.29, 0.717) is 16.8 Å². The molecule has 2 unspecified atom stereocenters. The summed E-state index contributed by atoms with van der Waals surface area (Å²) in [6, 6.07) is 14.9. The Balaban J connectivity index is 1.85. The van der Waals surface area contributed by atoms with E-state index in [1.54, 1.807) is 63.0 Å². The van der Waals surface area contributed by atoms with Crippen LogP contribution in [0.5, 0.6) is 0 Å². The lowest BCUT2D eigenvalue weighted by atomic mass is 9.84. The molecular weight excluding hydrogens is 444 g/mol. The van der Waals surface area contributed by atoms with Crippen molar-refractivity contribution in [1.29, 1.82) is 0 Å². The van der Waals surface area contributed by atoms with Crippen LogP contribution in [-0.4, -0.2) is 42.4 Å². The molecule has 7 nitrogen and oxygen atoms in total. The van der Waals surface area contributed by atoms with Gasteiger partial charge in [0.25, 0.3) is 11.8 Å². The van der Waals surface area contributed by atoms with Crippen molar-refractivity contribution in [1.82, 2.24) is 4.90 Å². The standard InChI is InChI=1S/C28H28N2O5/c1-17(2)15-23(31)24-25(21-7-5-6-8-22(21)27(33)29(3)4)30(28(34)26(24)32)20-11-9-18(10-12-20)19-13-14-35-16-19/h5-14,16-17,24-25H,15H2,1-4H3. The summed E-state index contributed by atoms with van der Waals surface area (Å²) >= 11 is 0. The van der Waals surface area contributed by atoms with E-state index >= 15 is 0 Å². The van der Waals surface area contributed by atoms with Crippen LogP contribution in [0, 0.1) is 11.8 Å². The molecule has 3 aromatic rings. The van der Waals surface area contributed by atoms with E-state index in [1.807, 2.05) is 32.0 Å². The molecule has 180 valence electrons. The number of hydrogen-bond acceptors (Lipinski definition) is 5. The fraction of sp³-hybridized carbons (Fsp3) is 0.286.